The monoisotopic (exact) mass is 363 g/mol. The van der Waals surface area contributed by atoms with Crippen molar-refractivity contribution in [2.45, 2.75) is 6.92 Å². The molecule has 2 N–H and O–H groups in total. The smallest absolute Gasteiger partial charge is 0.331 e. The van der Waals surface area contributed by atoms with Crippen molar-refractivity contribution in [1.82, 2.24) is 0 Å². The van der Waals surface area contributed by atoms with E-state index >= 15 is 0 Å². The Balaban J connectivity index is 1.82. The number of nitriles is 1. The van der Waals surface area contributed by atoms with Crippen molar-refractivity contribution in [3.63, 3.8) is 0 Å². The summed E-state index contributed by atoms with van der Waals surface area (Å²) in [7, 11) is 0. The largest absolute Gasteiger partial charge is 0.452 e. The summed E-state index contributed by atoms with van der Waals surface area (Å²) in [5.74, 6) is -1.39. The average molecular weight is 363 g/mol. The Bertz CT molecular complexity index is 912. The van der Waals surface area contributed by atoms with E-state index in [1.54, 1.807) is 48.5 Å². The van der Waals surface area contributed by atoms with Gasteiger partial charge in [-0.2, -0.15) is 5.26 Å². The van der Waals surface area contributed by atoms with E-state index < -0.39 is 18.5 Å². The fourth-order valence-electron chi connectivity index (χ4n) is 2.09. The summed E-state index contributed by atoms with van der Waals surface area (Å²) in [5.41, 5.74) is 2.26. The summed E-state index contributed by atoms with van der Waals surface area (Å²) < 4.78 is 4.88. The van der Waals surface area contributed by atoms with Crippen LogP contribution in [0.15, 0.2) is 54.6 Å². The van der Waals surface area contributed by atoms with Gasteiger partial charge < -0.3 is 15.4 Å². The van der Waals surface area contributed by atoms with E-state index in [4.69, 9.17) is 10.00 Å². The number of hydrogen-bond acceptors (Lipinski definition) is 5. The van der Waals surface area contributed by atoms with Crippen LogP contribution < -0.4 is 10.6 Å². The first kappa shape index (κ1) is 19.4. The molecular weight excluding hydrogens is 346 g/mol. The van der Waals surface area contributed by atoms with Crippen LogP contribution in [0, 0.1) is 11.3 Å². The first-order valence-electron chi connectivity index (χ1n) is 7.99. The summed E-state index contributed by atoms with van der Waals surface area (Å²) in [6.45, 7) is 0.941. The molecule has 2 amide bonds. The quantitative estimate of drug-likeness (QED) is 0.606. The first-order chi connectivity index (χ1) is 13.0. The molecule has 0 saturated heterocycles. The minimum Gasteiger partial charge on any atom is -0.452 e. The first-order valence-corrected chi connectivity index (χ1v) is 7.99. The zero-order valence-electron chi connectivity index (χ0n) is 14.6. The van der Waals surface area contributed by atoms with Crippen molar-refractivity contribution in [3.8, 4) is 6.07 Å². The predicted molar refractivity (Wildman–Crippen MR) is 101 cm³/mol. The highest BCUT2D eigenvalue weighted by atomic mass is 16.5. The molecule has 0 heterocycles. The fraction of sp³-hybridized carbons (Fsp3) is 0.100. The number of esters is 1. The van der Waals surface area contributed by atoms with Crippen LogP contribution in [0.3, 0.4) is 0 Å². The van der Waals surface area contributed by atoms with Crippen molar-refractivity contribution in [3.05, 3.63) is 65.7 Å². The second kappa shape index (κ2) is 9.53. The summed E-state index contributed by atoms with van der Waals surface area (Å²) in [4.78, 5) is 34.6. The van der Waals surface area contributed by atoms with Crippen LogP contribution in [0.2, 0.25) is 0 Å². The van der Waals surface area contributed by atoms with Crippen LogP contribution in [0.4, 0.5) is 11.4 Å². The Labute approximate surface area is 156 Å². The van der Waals surface area contributed by atoms with Gasteiger partial charge in [-0.1, -0.05) is 18.2 Å². The predicted octanol–water partition coefficient (Wildman–Crippen LogP) is 2.71. The zero-order valence-corrected chi connectivity index (χ0v) is 14.6. The van der Waals surface area contributed by atoms with Gasteiger partial charge in [0.05, 0.1) is 11.6 Å². The van der Waals surface area contributed by atoms with Gasteiger partial charge in [-0.25, -0.2) is 4.79 Å². The van der Waals surface area contributed by atoms with Crippen LogP contribution in [0.5, 0.6) is 0 Å². The van der Waals surface area contributed by atoms with Crippen LogP contribution in [0.25, 0.3) is 6.08 Å². The number of carbonyl (C=O) groups excluding carboxylic acids is 3. The number of rotatable bonds is 6. The maximum absolute atomic E-state index is 11.9. The van der Waals surface area contributed by atoms with Gasteiger partial charge in [0, 0.05) is 24.4 Å². The number of ether oxygens (including phenoxy) is 1. The molecule has 2 rings (SSSR count). The van der Waals surface area contributed by atoms with E-state index in [2.05, 4.69) is 10.6 Å². The standard InChI is InChI=1S/C20H17N3O4/c1-14(24)22-17-3-2-4-18(11-17)23-19(25)13-27-20(26)10-9-15-5-7-16(12-21)8-6-15/h2-11H,13H2,1H3,(H,22,24)(H,23,25)/b10-9+. The Morgan fingerprint density at radius 3 is 2.37 bits per heavy atom. The Morgan fingerprint density at radius 2 is 1.74 bits per heavy atom. The number of amides is 2. The lowest BCUT2D eigenvalue weighted by molar-refractivity contribution is -0.142. The van der Waals surface area contributed by atoms with Crippen LogP contribution in [-0.4, -0.2) is 24.4 Å². The van der Waals surface area contributed by atoms with E-state index in [1.165, 1.54) is 19.1 Å². The SMILES string of the molecule is CC(=O)Nc1cccc(NC(=O)COC(=O)/C=C/c2ccc(C#N)cc2)c1. The molecular formula is C20H17N3O4. The highest BCUT2D eigenvalue weighted by Gasteiger charge is 2.06. The van der Waals surface area contributed by atoms with Crippen LogP contribution in [-0.2, 0) is 19.1 Å². The topological polar surface area (TPSA) is 108 Å². The van der Waals surface area contributed by atoms with Crippen LogP contribution >= 0.6 is 0 Å². The summed E-state index contributed by atoms with van der Waals surface area (Å²) in [5, 5.41) is 13.9. The molecule has 0 unspecified atom stereocenters. The van der Waals surface area contributed by atoms with Gasteiger partial charge in [-0.05, 0) is 42.0 Å². The molecule has 0 aliphatic heterocycles. The second-order valence-electron chi connectivity index (χ2n) is 5.49. The lowest BCUT2D eigenvalue weighted by Crippen LogP contribution is -2.20. The van der Waals surface area contributed by atoms with Crippen molar-refractivity contribution in [2.24, 2.45) is 0 Å². The molecule has 0 fully saturated rings. The van der Waals surface area contributed by atoms with Gasteiger partial charge in [0.2, 0.25) is 5.91 Å². The van der Waals surface area contributed by atoms with E-state index in [-0.39, 0.29) is 5.91 Å². The highest BCUT2D eigenvalue weighted by Crippen LogP contribution is 2.15. The number of nitrogens with zero attached hydrogens (tertiary/aromatic N) is 1. The second-order valence-corrected chi connectivity index (χ2v) is 5.49. The number of benzene rings is 2. The molecule has 0 atom stereocenters. The molecule has 0 radical (unpaired) electrons. The summed E-state index contributed by atoms with van der Waals surface area (Å²) >= 11 is 0. The Kier molecular flexibility index (Phi) is 6.85. The van der Waals surface area contributed by atoms with E-state index in [0.717, 1.165) is 5.56 Å². The Hall–Kier alpha value is -3.92. The van der Waals surface area contributed by atoms with Gasteiger partial charge in [0.15, 0.2) is 6.61 Å². The number of carbonyl (C=O) groups is 3. The third-order valence-corrected chi connectivity index (χ3v) is 3.26. The molecule has 7 nitrogen and oxygen atoms in total. The lowest BCUT2D eigenvalue weighted by atomic mass is 10.1. The summed E-state index contributed by atoms with van der Waals surface area (Å²) in [6, 6.07) is 15.2. The molecule has 0 bridgehead atoms. The van der Waals surface area contributed by atoms with Gasteiger partial charge in [-0.15, -0.1) is 0 Å². The maximum atomic E-state index is 11.9. The molecule has 0 saturated carbocycles. The number of hydrogen-bond donors (Lipinski definition) is 2. The van der Waals surface area contributed by atoms with Crippen LogP contribution in [0.1, 0.15) is 18.1 Å². The van der Waals surface area contributed by atoms with Gasteiger partial charge in [0.25, 0.3) is 5.91 Å². The van der Waals surface area contributed by atoms with Crippen molar-refractivity contribution in [1.29, 1.82) is 5.26 Å². The van der Waals surface area contributed by atoms with Gasteiger partial charge >= 0.3 is 5.97 Å². The minimum atomic E-state index is -0.665. The fourth-order valence-corrected chi connectivity index (χ4v) is 2.09. The van der Waals surface area contributed by atoms with Gasteiger partial charge in [-0.3, -0.25) is 9.59 Å². The molecule has 136 valence electrons. The minimum absolute atomic E-state index is 0.221. The molecule has 7 heteroatoms. The molecule has 27 heavy (non-hydrogen) atoms. The Morgan fingerprint density at radius 1 is 1.07 bits per heavy atom. The van der Waals surface area contributed by atoms with Crippen molar-refractivity contribution < 1.29 is 19.1 Å². The third kappa shape index (κ3) is 6.84. The lowest BCUT2D eigenvalue weighted by Gasteiger charge is -2.08. The molecule has 0 aliphatic carbocycles. The molecule has 0 spiro atoms. The van der Waals surface area contributed by atoms with Crippen molar-refractivity contribution in [2.75, 3.05) is 17.2 Å². The average Bonchev–Trinajstić information content (AvgIpc) is 2.65. The highest BCUT2D eigenvalue weighted by molar-refractivity contribution is 5.95. The van der Waals surface area contributed by atoms with E-state index in [0.29, 0.717) is 16.9 Å². The zero-order chi connectivity index (χ0) is 19.6. The molecule has 0 aromatic heterocycles. The molecule has 0 aliphatic rings. The van der Waals surface area contributed by atoms with Gasteiger partial charge in [0.1, 0.15) is 0 Å². The third-order valence-electron chi connectivity index (χ3n) is 3.26. The normalized spacial score (nSPS) is 10.1. The summed E-state index contributed by atoms with van der Waals surface area (Å²) in [6.07, 6.45) is 2.73. The van der Waals surface area contributed by atoms with E-state index in [1.807, 2.05) is 6.07 Å². The maximum Gasteiger partial charge on any atom is 0.331 e. The number of anilines is 2. The number of nitrogens with one attached hydrogen (secondary N) is 2. The molecule has 2 aromatic carbocycles. The van der Waals surface area contributed by atoms with E-state index in [9.17, 15) is 14.4 Å². The van der Waals surface area contributed by atoms with Crippen molar-refractivity contribution >= 4 is 35.2 Å². The molecule has 2 aromatic rings.